The minimum absolute atomic E-state index is 0.00926. The summed E-state index contributed by atoms with van der Waals surface area (Å²) in [7, 11) is 0. The molecule has 1 aromatic heterocycles. The molecule has 0 saturated carbocycles. The van der Waals surface area contributed by atoms with Crippen molar-refractivity contribution in [3.05, 3.63) is 60.1 Å². The summed E-state index contributed by atoms with van der Waals surface area (Å²) in [5, 5.41) is 18.3. The van der Waals surface area contributed by atoms with Crippen molar-refractivity contribution in [3.63, 3.8) is 0 Å². The van der Waals surface area contributed by atoms with Crippen molar-refractivity contribution in [1.29, 1.82) is 5.26 Å². The third kappa shape index (κ3) is 2.31. The van der Waals surface area contributed by atoms with Crippen LogP contribution < -0.4 is 0 Å². The zero-order valence-electron chi connectivity index (χ0n) is 9.43. The number of halogens is 1. The lowest BCUT2D eigenvalue weighted by molar-refractivity contribution is 0.191. The molecule has 4 heteroatoms. The van der Waals surface area contributed by atoms with E-state index in [9.17, 15) is 9.50 Å². The molecule has 18 heavy (non-hydrogen) atoms. The maximum atomic E-state index is 12.8. The van der Waals surface area contributed by atoms with Crippen LogP contribution in [-0.4, -0.2) is 5.11 Å². The summed E-state index contributed by atoms with van der Waals surface area (Å²) >= 11 is 0. The van der Waals surface area contributed by atoms with Crippen molar-refractivity contribution in [2.75, 3.05) is 0 Å². The Hall–Kier alpha value is -2.38. The number of hydrogen-bond donors (Lipinski definition) is 1. The molecule has 1 aromatic carbocycles. The molecule has 1 unspecified atom stereocenters. The molecule has 0 radical (unpaired) electrons. The molecule has 0 aliphatic rings. The van der Waals surface area contributed by atoms with Crippen LogP contribution in [0.15, 0.2) is 53.0 Å². The van der Waals surface area contributed by atoms with Crippen LogP contribution in [-0.2, 0) is 0 Å². The van der Waals surface area contributed by atoms with Crippen LogP contribution in [0, 0.1) is 17.1 Å². The first kappa shape index (κ1) is 12.1. The molecule has 0 spiro atoms. The Kier molecular flexibility index (Phi) is 3.26. The van der Waals surface area contributed by atoms with Gasteiger partial charge in [-0.2, -0.15) is 5.26 Å². The van der Waals surface area contributed by atoms with Crippen molar-refractivity contribution in [3.8, 4) is 17.4 Å². The molecular formula is C14H10FNO2. The second-order valence-corrected chi connectivity index (χ2v) is 3.75. The van der Waals surface area contributed by atoms with Gasteiger partial charge >= 0.3 is 0 Å². The molecule has 1 N–H and O–H groups in total. The largest absolute Gasteiger partial charge is 0.458 e. The third-order valence-electron chi connectivity index (χ3n) is 2.50. The van der Waals surface area contributed by atoms with Gasteiger partial charge in [0.2, 0.25) is 0 Å². The smallest absolute Gasteiger partial charge is 0.146 e. The summed E-state index contributed by atoms with van der Waals surface area (Å²) in [6, 6.07) is 10.8. The summed E-state index contributed by atoms with van der Waals surface area (Å²) in [5.41, 5.74) is 0.701. The molecule has 90 valence electrons. The number of benzene rings is 1. The predicted molar refractivity (Wildman–Crippen MR) is 63.8 cm³/mol. The molecule has 0 aliphatic carbocycles. The summed E-state index contributed by atoms with van der Waals surface area (Å²) in [6.07, 6.45) is -1.15. The van der Waals surface area contributed by atoms with Gasteiger partial charge in [0.15, 0.2) is 0 Å². The summed E-state index contributed by atoms with van der Waals surface area (Å²) in [5.74, 6) is 0.402. The molecule has 0 fully saturated rings. The number of nitriles is 1. The van der Waals surface area contributed by atoms with Gasteiger partial charge in [-0.25, -0.2) is 4.39 Å². The molecule has 0 bridgehead atoms. The van der Waals surface area contributed by atoms with Crippen molar-refractivity contribution in [1.82, 2.24) is 0 Å². The topological polar surface area (TPSA) is 57.2 Å². The van der Waals surface area contributed by atoms with Gasteiger partial charge in [0.1, 0.15) is 23.4 Å². The number of aliphatic hydroxyl groups is 1. The second-order valence-electron chi connectivity index (χ2n) is 3.75. The fourth-order valence-electron chi connectivity index (χ4n) is 1.50. The maximum absolute atomic E-state index is 12.8. The predicted octanol–water partition coefficient (Wildman–Crippen LogP) is 3.20. The zero-order chi connectivity index (χ0) is 13.1. The van der Waals surface area contributed by atoms with E-state index in [1.165, 1.54) is 12.1 Å². The fourth-order valence-corrected chi connectivity index (χ4v) is 1.50. The van der Waals surface area contributed by atoms with Gasteiger partial charge in [0.25, 0.3) is 0 Å². The van der Waals surface area contributed by atoms with E-state index in [2.05, 4.69) is 6.58 Å². The van der Waals surface area contributed by atoms with E-state index in [-0.39, 0.29) is 17.2 Å². The number of rotatable bonds is 3. The Morgan fingerprint density at radius 2 is 1.94 bits per heavy atom. The maximum Gasteiger partial charge on any atom is 0.146 e. The first-order chi connectivity index (χ1) is 8.61. The summed E-state index contributed by atoms with van der Waals surface area (Å²) in [4.78, 5) is 0. The minimum atomic E-state index is -1.15. The van der Waals surface area contributed by atoms with Gasteiger partial charge in [0, 0.05) is 5.56 Å². The normalized spacial score (nSPS) is 11.8. The van der Waals surface area contributed by atoms with Crippen molar-refractivity contribution in [2.45, 2.75) is 6.10 Å². The van der Waals surface area contributed by atoms with Crippen LogP contribution in [0.3, 0.4) is 0 Å². The molecule has 0 amide bonds. The highest BCUT2D eigenvalue weighted by Crippen LogP contribution is 2.27. The Morgan fingerprint density at radius 3 is 2.56 bits per heavy atom. The first-order valence-corrected chi connectivity index (χ1v) is 5.24. The summed E-state index contributed by atoms with van der Waals surface area (Å²) in [6.45, 7) is 3.42. The van der Waals surface area contributed by atoms with Crippen LogP contribution in [0.5, 0.6) is 0 Å². The SMILES string of the molecule is C=C(C#N)C(O)c1ccc(-c2ccc(F)cc2)o1. The molecule has 0 aliphatic heterocycles. The number of furan rings is 1. The van der Waals surface area contributed by atoms with Crippen LogP contribution in [0.25, 0.3) is 11.3 Å². The van der Waals surface area contributed by atoms with E-state index < -0.39 is 6.10 Å². The Balaban J connectivity index is 2.28. The lowest BCUT2D eigenvalue weighted by atomic mass is 10.1. The molecule has 2 aromatic rings. The minimum Gasteiger partial charge on any atom is -0.458 e. The number of aliphatic hydroxyl groups excluding tert-OH is 1. The lowest BCUT2D eigenvalue weighted by Crippen LogP contribution is -1.96. The van der Waals surface area contributed by atoms with Crippen LogP contribution >= 0.6 is 0 Å². The highest BCUT2D eigenvalue weighted by Gasteiger charge is 2.16. The molecule has 2 rings (SSSR count). The average molecular weight is 243 g/mol. The Bertz CT molecular complexity index is 607. The van der Waals surface area contributed by atoms with Crippen molar-refractivity contribution < 1.29 is 13.9 Å². The van der Waals surface area contributed by atoms with Crippen LogP contribution in [0.1, 0.15) is 11.9 Å². The quantitative estimate of drug-likeness (QED) is 0.842. The molecule has 1 heterocycles. The number of nitrogens with zero attached hydrogens (tertiary/aromatic N) is 1. The van der Waals surface area contributed by atoms with Gasteiger partial charge in [-0.3, -0.25) is 0 Å². The lowest BCUT2D eigenvalue weighted by Gasteiger charge is -2.04. The first-order valence-electron chi connectivity index (χ1n) is 5.24. The van der Waals surface area contributed by atoms with Gasteiger partial charge < -0.3 is 9.52 Å². The fraction of sp³-hybridized carbons (Fsp3) is 0.0714. The van der Waals surface area contributed by atoms with E-state index in [4.69, 9.17) is 9.68 Å². The van der Waals surface area contributed by atoms with Gasteiger partial charge in [-0.05, 0) is 36.4 Å². The molecular weight excluding hydrogens is 233 g/mol. The Labute approximate surface area is 103 Å². The van der Waals surface area contributed by atoms with Gasteiger partial charge in [0.05, 0.1) is 11.6 Å². The van der Waals surface area contributed by atoms with Gasteiger partial charge in [-0.1, -0.05) is 6.58 Å². The van der Waals surface area contributed by atoms with E-state index in [0.717, 1.165) is 0 Å². The van der Waals surface area contributed by atoms with Crippen molar-refractivity contribution in [2.24, 2.45) is 0 Å². The van der Waals surface area contributed by atoms with Gasteiger partial charge in [-0.15, -0.1) is 0 Å². The second kappa shape index (κ2) is 4.86. The number of hydrogen-bond acceptors (Lipinski definition) is 3. The monoisotopic (exact) mass is 243 g/mol. The Morgan fingerprint density at radius 1 is 1.28 bits per heavy atom. The van der Waals surface area contributed by atoms with Crippen molar-refractivity contribution >= 4 is 0 Å². The summed E-state index contributed by atoms with van der Waals surface area (Å²) < 4.78 is 18.2. The van der Waals surface area contributed by atoms with Crippen LogP contribution in [0.4, 0.5) is 4.39 Å². The molecule has 1 atom stereocenters. The van der Waals surface area contributed by atoms with E-state index >= 15 is 0 Å². The third-order valence-corrected chi connectivity index (χ3v) is 2.50. The highest BCUT2D eigenvalue weighted by atomic mass is 19.1. The van der Waals surface area contributed by atoms with Crippen LogP contribution in [0.2, 0.25) is 0 Å². The molecule has 3 nitrogen and oxygen atoms in total. The molecule has 0 saturated heterocycles. The highest BCUT2D eigenvalue weighted by molar-refractivity contribution is 5.57. The zero-order valence-corrected chi connectivity index (χ0v) is 9.43. The van der Waals surface area contributed by atoms with E-state index in [1.54, 1.807) is 30.3 Å². The average Bonchev–Trinajstić information content (AvgIpc) is 2.87. The standard InChI is InChI=1S/C14H10FNO2/c1-9(8-16)14(17)13-7-6-12(18-13)10-2-4-11(15)5-3-10/h2-7,14,17H,1H2. The van der Waals surface area contributed by atoms with E-state index in [1.807, 2.05) is 0 Å². The van der Waals surface area contributed by atoms with E-state index in [0.29, 0.717) is 11.3 Å².